The Hall–Kier alpha value is -3.86. The molecule has 0 atom stereocenters. The van der Waals surface area contributed by atoms with Gasteiger partial charge in [0, 0.05) is 32.7 Å². The van der Waals surface area contributed by atoms with E-state index in [1.165, 1.54) is 23.5 Å². The summed E-state index contributed by atoms with van der Waals surface area (Å²) in [4.78, 5) is 22.4. The number of benzene rings is 1. The molecule has 0 aliphatic carbocycles. The molecule has 1 aliphatic heterocycles. The number of aromatic nitrogens is 5. The van der Waals surface area contributed by atoms with Gasteiger partial charge in [0.25, 0.3) is 0 Å². The summed E-state index contributed by atoms with van der Waals surface area (Å²) in [6, 6.07) is 1.15. The van der Waals surface area contributed by atoms with E-state index in [2.05, 4.69) is 37.2 Å². The first-order valence-electron chi connectivity index (χ1n) is 10.9. The van der Waals surface area contributed by atoms with E-state index in [4.69, 9.17) is 10.5 Å². The highest BCUT2D eigenvalue weighted by Gasteiger charge is 2.30. The second-order valence-corrected chi connectivity index (χ2v) is 8.09. The molecule has 4 heterocycles. The first-order chi connectivity index (χ1) is 16.4. The lowest BCUT2D eigenvalue weighted by Gasteiger charge is -2.37. The quantitative estimate of drug-likeness (QED) is 0.367. The lowest BCUT2D eigenvalue weighted by molar-refractivity contribution is 0.438. The average Bonchev–Trinajstić information content (AvgIpc) is 3.19. The van der Waals surface area contributed by atoms with E-state index < -0.39 is 11.6 Å². The summed E-state index contributed by atoms with van der Waals surface area (Å²) in [5, 5.41) is 3.38. The number of hydrogen-bond donors (Lipinski definition) is 3. The first-order valence-corrected chi connectivity index (χ1v) is 10.9. The molecule has 5 rings (SSSR count). The van der Waals surface area contributed by atoms with Gasteiger partial charge in [0.2, 0.25) is 0 Å². The van der Waals surface area contributed by atoms with Crippen LogP contribution in [0.25, 0.3) is 21.9 Å². The first kappa shape index (κ1) is 22.0. The molecule has 4 aromatic rings. The molecular formula is C23H24F2N8O. The Morgan fingerprint density at radius 1 is 1.21 bits per heavy atom. The van der Waals surface area contributed by atoms with Gasteiger partial charge in [-0.25, -0.2) is 18.7 Å². The molecular weight excluding hydrogens is 442 g/mol. The number of fused-ring (bicyclic) bond motifs is 3. The predicted molar refractivity (Wildman–Crippen MR) is 126 cm³/mol. The number of nitrogens with one attached hydrogen (secondary N) is 2. The van der Waals surface area contributed by atoms with Gasteiger partial charge in [-0.3, -0.25) is 0 Å². The van der Waals surface area contributed by atoms with Gasteiger partial charge < -0.3 is 25.7 Å². The van der Waals surface area contributed by atoms with Gasteiger partial charge in [0.05, 0.1) is 34.4 Å². The number of rotatable bonds is 6. The monoisotopic (exact) mass is 466 g/mol. The molecule has 11 heteroatoms. The van der Waals surface area contributed by atoms with Crippen molar-refractivity contribution < 1.29 is 13.5 Å². The highest BCUT2D eigenvalue weighted by Crippen LogP contribution is 2.40. The van der Waals surface area contributed by atoms with E-state index in [0.717, 1.165) is 12.5 Å². The van der Waals surface area contributed by atoms with Crippen LogP contribution in [0.1, 0.15) is 19.2 Å². The minimum atomic E-state index is -0.960. The predicted octanol–water partition coefficient (Wildman–Crippen LogP) is 3.81. The fourth-order valence-corrected chi connectivity index (χ4v) is 4.20. The van der Waals surface area contributed by atoms with Crippen LogP contribution in [0.3, 0.4) is 0 Å². The van der Waals surface area contributed by atoms with E-state index in [1.54, 1.807) is 14.0 Å². The number of hydrogen-bond acceptors (Lipinski definition) is 8. The van der Waals surface area contributed by atoms with E-state index in [0.29, 0.717) is 59.3 Å². The zero-order chi connectivity index (χ0) is 24.0. The molecule has 0 spiro atoms. The van der Waals surface area contributed by atoms with Gasteiger partial charge in [0.15, 0.2) is 17.4 Å². The Morgan fingerprint density at radius 2 is 1.94 bits per heavy atom. The number of aryl methyl sites for hydroxylation is 1. The topological polar surface area (TPSA) is 118 Å². The van der Waals surface area contributed by atoms with Crippen molar-refractivity contribution in [3.05, 3.63) is 47.1 Å². The van der Waals surface area contributed by atoms with E-state index in [-0.39, 0.29) is 11.4 Å². The van der Waals surface area contributed by atoms with Crippen molar-refractivity contribution in [1.82, 2.24) is 24.9 Å². The highest BCUT2D eigenvalue weighted by molar-refractivity contribution is 6.15. The number of aromatic amines is 1. The Labute approximate surface area is 194 Å². The SMILES string of the molecule is CCC(CN)=C1CN(c2nc(Oc3cnc(C)nc3)nc3[nH]c4c(NC)cc(F)c(F)c4c23)C1. The van der Waals surface area contributed by atoms with Crippen LogP contribution in [0.15, 0.2) is 29.6 Å². The Bertz CT molecular complexity index is 1420. The normalized spacial score (nSPS) is 13.5. The highest BCUT2D eigenvalue weighted by atomic mass is 19.2. The molecule has 0 amide bonds. The number of H-pyrrole nitrogens is 1. The molecule has 1 aliphatic rings. The third-order valence-electron chi connectivity index (χ3n) is 6.05. The van der Waals surface area contributed by atoms with Crippen molar-refractivity contribution >= 4 is 33.4 Å². The maximum atomic E-state index is 15.1. The van der Waals surface area contributed by atoms with Crippen LogP contribution < -0.4 is 20.7 Å². The van der Waals surface area contributed by atoms with Crippen LogP contribution in [0.2, 0.25) is 0 Å². The van der Waals surface area contributed by atoms with Crippen LogP contribution in [-0.4, -0.2) is 51.6 Å². The van der Waals surface area contributed by atoms with Gasteiger partial charge in [-0.1, -0.05) is 12.5 Å². The number of nitrogens with zero attached hydrogens (tertiary/aromatic N) is 5. The van der Waals surface area contributed by atoms with E-state index >= 15 is 4.39 Å². The van der Waals surface area contributed by atoms with Crippen LogP contribution in [-0.2, 0) is 0 Å². The minimum absolute atomic E-state index is 0.0420. The zero-order valence-electron chi connectivity index (χ0n) is 19.0. The summed E-state index contributed by atoms with van der Waals surface area (Å²) in [5.41, 5.74) is 9.42. The number of halogens is 2. The molecule has 0 unspecified atom stereocenters. The van der Waals surface area contributed by atoms with Gasteiger partial charge >= 0.3 is 6.01 Å². The molecule has 0 saturated carbocycles. The van der Waals surface area contributed by atoms with Crippen molar-refractivity contribution in [1.29, 1.82) is 0 Å². The number of nitrogens with two attached hydrogens (primary N) is 1. The summed E-state index contributed by atoms with van der Waals surface area (Å²) < 4.78 is 35.3. The van der Waals surface area contributed by atoms with Crippen LogP contribution >= 0.6 is 0 Å². The molecule has 34 heavy (non-hydrogen) atoms. The van der Waals surface area contributed by atoms with Crippen molar-refractivity contribution in [2.45, 2.75) is 20.3 Å². The summed E-state index contributed by atoms with van der Waals surface area (Å²) in [7, 11) is 1.64. The van der Waals surface area contributed by atoms with Crippen molar-refractivity contribution in [3.63, 3.8) is 0 Å². The Balaban J connectivity index is 1.69. The summed E-state index contributed by atoms with van der Waals surface area (Å²) in [5.74, 6) is -0.508. The standard InChI is InChI=1S/C23H24F2N8O/c1-4-12(6-26)13-9-33(10-13)22-18-17-19(25)15(24)5-16(27-3)20(17)30-21(18)31-23(32-22)34-14-7-28-11(2)29-8-14/h5,7-8,27H,4,6,9-10,26H2,1-3H3,(H,30,31,32). The third-order valence-corrected chi connectivity index (χ3v) is 6.05. The van der Waals surface area contributed by atoms with Crippen molar-refractivity contribution in [2.24, 2.45) is 5.73 Å². The second kappa shape index (κ2) is 8.49. The number of ether oxygens (including phenoxy) is 1. The molecule has 1 aromatic carbocycles. The number of anilines is 2. The van der Waals surface area contributed by atoms with Gasteiger partial charge in [0.1, 0.15) is 17.3 Å². The van der Waals surface area contributed by atoms with Gasteiger partial charge in [-0.05, 0) is 18.9 Å². The van der Waals surface area contributed by atoms with E-state index in [9.17, 15) is 4.39 Å². The Kier molecular flexibility index (Phi) is 5.48. The van der Waals surface area contributed by atoms with Crippen molar-refractivity contribution in [3.8, 4) is 11.8 Å². The van der Waals surface area contributed by atoms with Crippen LogP contribution in [0.4, 0.5) is 20.3 Å². The molecule has 9 nitrogen and oxygen atoms in total. The smallest absolute Gasteiger partial charge is 0.326 e. The maximum absolute atomic E-state index is 15.1. The lowest BCUT2D eigenvalue weighted by atomic mass is 9.98. The van der Waals surface area contributed by atoms with Crippen LogP contribution in [0.5, 0.6) is 11.8 Å². The minimum Gasteiger partial charge on any atom is -0.421 e. The van der Waals surface area contributed by atoms with Crippen molar-refractivity contribution in [2.75, 3.05) is 36.9 Å². The van der Waals surface area contributed by atoms with Gasteiger partial charge in [-0.15, -0.1) is 0 Å². The Morgan fingerprint density at radius 3 is 2.59 bits per heavy atom. The largest absolute Gasteiger partial charge is 0.421 e. The molecule has 176 valence electrons. The lowest BCUT2D eigenvalue weighted by Crippen LogP contribution is -2.42. The van der Waals surface area contributed by atoms with Gasteiger partial charge in [-0.2, -0.15) is 9.97 Å². The fraction of sp³-hybridized carbons (Fsp3) is 0.304. The molecule has 0 radical (unpaired) electrons. The fourth-order valence-electron chi connectivity index (χ4n) is 4.20. The molecule has 0 bridgehead atoms. The molecule has 3 aromatic heterocycles. The third kappa shape index (κ3) is 3.58. The molecule has 1 fully saturated rings. The zero-order valence-corrected chi connectivity index (χ0v) is 19.0. The summed E-state index contributed by atoms with van der Waals surface area (Å²) in [6.45, 7) is 5.49. The average molecular weight is 466 g/mol. The molecule has 4 N–H and O–H groups in total. The maximum Gasteiger partial charge on any atom is 0.326 e. The summed E-state index contributed by atoms with van der Waals surface area (Å²) in [6.07, 6.45) is 3.90. The van der Waals surface area contributed by atoms with E-state index in [1.807, 2.05) is 4.90 Å². The second-order valence-electron chi connectivity index (χ2n) is 8.09. The summed E-state index contributed by atoms with van der Waals surface area (Å²) >= 11 is 0. The molecule has 1 saturated heterocycles. The van der Waals surface area contributed by atoms with Crippen LogP contribution in [0, 0.1) is 18.6 Å².